The van der Waals surface area contributed by atoms with Crippen molar-refractivity contribution in [1.29, 1.82) is 5.41 Å². The molecule has 1 saturated carbocycles. The van der Waals surface area contributed by atoms with Crippen LogP contribution in [0.1, 0.15) is 40.8 Å². The van der Waals surface area contributed by atoms with Crippen molar-refractivity contribution in [2.75, 3.05) is 29.3 Å². The van der Waals surface area contributed by atoms with E-state index in [1.807, 2.05) is 27.0 Å². The average Bonchev–Trinajstić information content (AvgIpc) is 3.58. The van der Waals surface area contributed by atoms with E-state index in [-0.39, 0.29) is 10.4 Å². The largest absolute Gasteiger partial charge is 0.352 e. The van der Waals surface area contributed by atoms with Crippen molar-refractivity contribution in [3.63, 3.8) is 0 Å². The van der Waals surface area contributed by atoms with E-state index in [4.69, 9.17) is 4.98 Å². The smallest absolute Gasteiger partial charge is 0.261 e. The number of nitrogens with zero attached hydrogens (tertiary/aromatic N) is 4. The first-order valence-electron chi connectivity index (χ1n) is 12.2. The molecular weight excluding hydrogens is 472 g/mol. The average molecular weight is 505 g/mol. The molecule has 2 fully saturated rings. The van der Waals surface area contributed by atoms with Crippen LogP contribution in [0.15, 0.2) is 53.7 Å². The highest BCUT2D eigenvalue weighted by molar-refractivity contribution is 7.92. The van der Waals surface area contributed by atoms with Crippen LogP contribution in [0.25, 0.3) is 0 Å². The molecule has 3 heterocycles. The fraction of sp³-hybridized carbons (Fsp3) is 0.370. The molecule has 188 valence electrons. The predicted molar refractivity (Wildman–Crippen MR) is 142 cm³/mol. The number of hydrogen-bond acceptors (Lipinski definition) is 6. The molecule has 1 saturated heterocycles. The Bertz CT molecular complexity index is 1430. The molecule has 3 aromatic rings. The summed E-state index contributed by atoms with van der Waals surface area (Å²) in [6.07, 6.45) is 5.46. The topological polar surface area (TPSA) is 102 Å². The van der Waals surface area contributed by atoms with Crippen LogP contribution in [0.5, 0.6) is 0 Å². The fourth-order valence-corrected chi connectivity index (χ4v) is 6.20. The molecule has 0 amide bonds. The Kier molecular flexibility index (Phi) is 5.98. The number of pyridine rings is 2. The second kappa shape index (κ2) is 8.89. The van der Waals surface area contributed by atoms with Gasteiger partial charge in [0.15, 0.2) is 0 Å². The molecule has 36 heavy (non-hydrogen) atoms. The van der Waals surface area contributed by atoms with Crippen molar-refractivity contribution in [3.8, 4) is 0 Å². The molecule has 1 aromatic carbocycles. The lowest BCUT2D eigenvalue weighted by molar-refractivity contribution is 0.258. The summed E-state index contributed by atoms with van der Waals surface area (Å²) in [5, 5.41) is 9.20. The molecule has 5 rings (SSSR count). The minimum absolute atomic E-state index is 0.149. The number of amidine groups is 1. The number of piperazine rings is 1. The quantitative estimate of drug-likeness (QED) is 0.399. The highest BCUT2D eigenvalue weighted by Gasteiger charge is 2.53. The number of nitrogens with one attached hydrogen (secondary N) is 2. The van der Waals surface area contributed by atoms with Crippen molar-refractivity contribution in [1.82, 2.24) is 14.9 Å². The van der Waals surface area contributed by atoms with Crippen molar-refractivity contribution >= 4 is 27.4 Å². The lowest BCUT2D eigenvalue weighted by Crippen LogP contribution is -2.57. The van der Waals surface area contributed by atoms with Crippen LogP contribution in [0.2, 0.25) is 0 Å². The van der Waals surface area contributed by atoms with E-state index in [2.05, 4.69) is 32.5 Å². The summed E-state index contributed by atoms with van der Waals surface area (Å²) in [6.45, 7) is 10.1. The molecule has 1 aliphatic carbocycles. The van der Waals surface area contributed by atoms with Gasteiger partial charge in [-0.05, 0) is 69.9 Å². The van der Waals surface area contributed by atoms with Crippen LogP contribution in [-0.2, 0) is 10.0 Å². The summed E-state index contributed by atoms with van der Waals surface area (Å²) in [7, 11) is -3.81. The molecule has 9 heteroatoms. The van der Waals surface area contributed by atoms with Gasteiger partial charge < -0.3 is 9.80 Å². The number of sulfonamides is 1. The van der Waals surface area contributed by atoms with Crippen LogP contribution in [0, 0.1) is 33.1 Å². The molecule has 2 N–H and O–H groups in total. The Balaban J connectivity index is 1.42. The zero-order valence-corrected chi connectivity index (χ0v) is 22.0. The zero-order chi connectivity index (χ0) is 25.7. The second-order valence-electron chi connectivity index (χ2n) is 10.0. The van der Waals surface area contributed by atoms with Gasteiger partial charge in [0, 0.05) is 32.0 Å². The molecule has 1 aliphatic heterocycles. The maximum absolute atomic E-state index is 13.1. The molecule has 2 aliphatic rings. The van der Waals surface area contributed by atoms with Crippen LogP contribution < -0.4 is 9.62 Å². The van der Waals surface area contributed by atoms with E-state index in [1.54, 1.807) is 36.5 Å². The summed E-state index contributed by atoms with van der Waals surface area (Å²) in [5.74, 6) is 1.31. The Morgan fingerprint density at radius 2 is 1.72 bits per heavy atom. The Morgan fingerprint density at radius 1 is 1.00 bits per heavy atom. The van der Waals surface area contributed by atoms with Gasteiger partial charge in [0.05, 0.1) is 27.4 Å². The van der Waals surface area contributed by atoms with E-state index in [0.717, 1.165) is 48.4 Å². The van der Waals surface area contributed by atoms with Crippen molar-refractivity contribution in [2.45, 2.75) is 51.0 Å². The number of benzene rings is 1. The number of aromatic nitrogens is 2. The van der Waals surface area contributed by atoms with E-state index >= 15 is 0 Å². The minimum atomic E-state index is -3.81. The molecule has 0 atom stereocenters. The Labute approximate surface area is 213 Å². The minimum Gasteiger partial charge on any atom is -0.352 e. The van der Waals surface area contributed by atoms with Crippen molar-refractivity contribution in [3.05, 3.63) is 76.7 Å². The highest BCUT2D eigenvalue weighted by Crippen LogP contribution is 2.46. The van der Waals surface area contributed by atoms with E-state index in [9.17, 15) is 13.8 Å². The van der Waals surface area contributed by atoms with Gasteiger partial charge in [-0.15, -0.1) is 0 Å². The summed E-state index contributed by atoms with van der Waals surface area (Å²) in [5.41, 5.74) is 4.67. The molecule has 0 radical (unpaired) electrons. The standard InChI is InChI=1S/C27H32N6O2S/c1-18-5-7-22(8-6-18)36(34,35)31-23-9-12-29-21(4)24(23)25(28)33-14-13-32(17-27(33)10-11-27)26-20(3)15-19(2)16-30-26/h5-9,12,15-16,28H,10-11,13-14,17H2,1-4H3,(H,29,31). The SMILES string of the molecule is Cc1ccc(S(=O)(=O)Nc2ccnc(C)c2C(=N)N2CCN(c3ncc(C)cc3C)CC23CC3)cc1. The first-order valence-corrected chi connectivity index (χ1v) is 13.7. The number of aryl methyl sites for hydroxylation is 4. The van der Waals surface area contributed by atoms with Gasteiger partial charge in [-0.3, -0.25) is 15.1 Å². The third-order valence-electron chi connectivity index (χ3n) is 7.19. The van der Waals surface area contributed by atoms with Gasteiger partial charge in [-0.1, -0.05) is 23.8 Å². The van der Waals surface area contributed by atoms with E-state index in [0.29, 0.717) is 29.3 Å². The van der Waals surface area contributed by atoms with Gasteiger partial charge in [0.2, 0.25) is 0 Å². The second-order valence-corrected chi connectivity index (χ2v) is 11.7. The van der Waals surface area contributed by atoms with Crippen molar-refractivity contribution in [2.24, 2.45) is 0 Å². The van der Waals surface area contributed by atoms with Crippen molar-refractivity contribution < 1.29 is 8.42 Å². The van der Waals surface area contributed by atoms with Gasteiger partial charge >= 0.3 is 0 Å². The Morgan fingerprint density at radius 3 is 2.39 bits per heavy atom. The van der Waals surface area contributed by atoms with E-state index < -0.39 is 10.0 Å². The van der Waals surface area contributed by atoms with Crippen LogP contribution >= 0.6 is 0 Å². The van der Waals surface area contributed by atoms with E-state index in [1.165, 1.54) is 0 Å². The first-order chi connectivity index (χ1) is 17.1. The summed E-state index contributed by atoms with van der Waals surface area (Å²) < 4.78 is 29.0. The number of rotatable bonds is 5. The van der Waals surface area contributed by atoms with Crippen LogP contribution in [-0.4, -0.2) is 54.3 Å². The van der Waals surface area contributed by atoms with Gasteiger partial charge in [-0.25, -0.2) is 13.4 Å². The molecule has 0 unspecified atom stereocenters. The normalized spacial score (nSPS) is 16.8. The lowest BCUT2D eigenvalue weighted by Gasteiger charge is -2.44. The van der Waals surface area contributed by atoms with Gasteiger partial charge in [0.25, 0.3) is 10.0 Å². The monoisotopic (exact) mass is 504 g/mol. The summed E-state index contributed by atoms with van der Waals surface area (Å²) >= 11 is 0. The molecule has 1 spiro atoms. The summed E-state index contributed by atoms with van der Waals surface area (Å²) in [6, 6.07) is 10.5. The summed E-state index contributed by atoms with van der Waals surface area (Å²) in [4.78, 5) is 13.7. The lowest BCUT2D eigenvalue weighted by atomic mass is 10.0. The maximum Gasteiger partial charge on any atom is 0.261 e. The molecule has 8 nitrogen and oxygen atoms in total. The van der Waals surface area contributed by atoms with Crippen LogP contribution in [0.4, 0.5) is 11.5 Å². The molecule has 2 aromatic heterocycles. The molecular formula is C27H32N6O2S. The van der Waals surface area contributed by atoms with Gasteiger partial charge in [0.1, 0.15) is 11.7 Å². The van der Waals surface area contributed by atoms with Crippen LogP contribution in [0.3, 0.4) is 0 Å². The number of hydrogen-bond donors (Lipinski definition) is 2. The first kappa shape index (κ1) is 24.2. The maximum atomic E-state index is 13.1. The third-order valence-corrected chi connectivity index (χ3v) is 8.57. The molecule has 0 bridgehead atoms. The highest BCUT2D eigenvalue weighted by atomic mass is 32.2. The third kappa shape index (κ3) is 4.43. The zero-order valence-electron chi connectivity index (χ0n) is 21.2. The Hall–Kier alpha value is -3.46. The number of anilines is 2. The fourth-order valence-electron chi connectivity index (χ4n) is 5.13. The predicted octanol–water partition coefficient (Wildman–Crippen LogP) is 4.19. The van der Waals surface area contributed by atoms with Gasteiger partial charge in [-0.2, -0.15) is 0 Å².